The molecule has 0 saturated heterocycles. The first-order chi connectivity index (χ1) is 16.5. The van der Waals surface area contributed by atoms with Crippen LogP contribution >= 0.6 is 22.6 Å². The van der Waals surface area contributed by atoms with Gasteiger partial charge >= 0.3 is 12.0 Å². The molecular formula is C26H21F2IN2O3. The minimum absolute atomic E-state index is 0.0429. The van der Waals surface area contributed by atoms with Gasteiger partial charge in [0, 0.05) is 6.07 Å². The lowest BCUT2D eigenvalue weighted by molar-refractivity contribution is -0.222. The highest BCUT2D eigenvalue weighted by Crippen LogP contribution is 2.31. The third-order valence-corrected chi connectivity index (χ3v) is 7.12. The van der Waals surface area contributed by atoms with E-state index in [-0.39, 0.29) is 33.1 Å². The number of rotatable bonds is 6. The Bertz CT molecular complexity index is 1330. The molecule has 34 heavy (non-hydrogen) atoms. The highest BCUT2D eigenvalue weighted by atomic mass is 127. The molecule has 4 aromatic rings. The molecule has 1 aliphatic rings. The zero-order chi connectivity index (χ0) is 23.7. The van der Waals surface area contributed by atoms with E-state index in [0.717, 1.165) is 42.4 Å². The monoisotopic (exact) mass is 574 g/mol. The summed E-state index contributed by atoms with van der Waals surface area (Å²) in [5.74, 6) is -2.15. The van der Waals surface area contributed by atoms with Crippen molar-refractivity contribution in [2.45, 2.75) is 32.2 Å². The molecule has 0 N–H and O–H groups in total. The second-order valence-corrected chi connectivity index (χ2v) is 9.44. The fourth-order valence-electron chi connectivity index (χ4n) is 4.28. The van der Waals surface area contributed by atoms with Crippen molar-refractivity contribution >= 4 is 39.6 Å². The summed E-state index contributed by atoms with van der Waals surface area (Å²) in [6.07, 6.45) is 3.45. The number of imidazole rings is 1. The zero-order valence-electron chi connectivity index (χ0n) is 18.1. The topological polar surface area (TPSA) is 53.4 Å². The van der Waals surface area contributed by atoms with Crippen LogP contribution in [0.4, 0.5) is 8.78 Å². The Labute approximate surface area is 208 Å². The highest BCUT2D eigenvalue weighted by Gasteiger charge is 2.27. The number of aromatic nitrogens is 2. The predicted molar refractivity (Wildman–Crippen MR) is 132 cm³/mol. The number of hydrogen-bond donors (Lipinski definition) is 0. The normalized spacial score (nSPS) is 14.0. The van der Waals surface area contributed by atoms with Gasteiger partial charge in [0.25, 0.3) is 0 Å². The maximum Gasteiger partial charge on any atom is 0.358 e. The van der Waals surface area contributed by atoms with E-state index in [2.05, 4.69) is 4.98 Å². The van der Waals surface area contributed by atoms with E-state index in [9.17, 15) is 13.6 Å². The van der Waals surface area contributed by atoms with Crippen LogP contribution in [0.1, 0.15) is 31.2 Å². The van der Waals surface area contributed by atoms with Gasteiger partial charge in [-0.2, -0.15) is 4.98 Å². The summed E-state index contributed by atoms with van der Waals surface area (Å²) < 4.78 is 30.5. The number of hydrogen-bond acceptors (Lipinski definition) is 4. The van der Waals surface area contributed by atoms with Gasteiger partial charge in [0.15, 0.2) is 5.82 Å². The Hall–Kier alpha value is -3.01. The third kappa shape index (κ3) is 4.51. The number of carbonyl (C=O) groups is 1. The van der Waals surface area contributed by atoms with E-state index in [1.807, 2.05) is 54.6 Å². The maximum absolute atomic E-state index is 14.8. The van der Waals surface area contributed by atoms with Crippen LogP contribution in [0.25, 0.3) is 22.2 Å². The second-order valence-electron chi connectivity index (χ2n) is 8.36. The van der Waals surface area contributed by atoms with Crippen molar-refractivity contribution < 1.29 is 23.4 Å². The summed E-state index contributed by atoms with van der Waals surface area (Å²) in [5.41, 5.74) is 3.18. The van der Waals surface area contributed by atoms with Gasteiger partial charge in [-0.1, -0.05) is 67.4 Å². The van der Waals surface area contributed by atoms with E-state index in [1.54, 1.807) is 22.6 Å². The summed E-state index contributed by atoms with van der Waals surface area (Å²) in [6, 6.07) is 18.9. The van der Waals surface area contributed by atoms with Crippen LogP contribution in [0.15, 0.2) is 60.7 Å². The molecule has 3 aromatic carbocycles. The number of benzene rings is 3. The van der Waals surface area contributed by atoms with Crippen LogP contribution in [0.5, 0.6) is 6.01 Å². The Balaban J connectivity index is 1.46. The van der Waals surface area contributed by atoms with E-state index >= 15 is 0 Å². The molecule has 1 heterocycles. The first-order valence-electron chi connectivity index (χ1n) is 11.1. The van der Waals surface area contributed by atoms with Crippen molar-refractivity contribution in [1.29, 1.82) is 0 Å². The zero-order valence-corrected chi connectivity index (χ0v) is 20.3. The van der Waals surface area contributed by atoms with Crippen molar-refractivity contribution in [1.82, 2.24) is 9.55 Å². The number of halogens is 3. The van der Waals surface area contributed by atoms with Gasteiger partial charge < -0.3 is 0 Å². The van der Waals surface area contributed by atoms with Gasteiger partial charge in [-0.15, -0.1) is 0 Å². The molecule has 1 aromatic heterocycles. The standard InChI is InChI=1S/C26H21F2IN2O3/c27-20-14-21-24(22(28)23(20)29)30-26(34-33-25(32)19-8-4-5-9-19)31(21)15-16-10-12-18(13-11-16)17-6-2-1-3-7-17/h1-3,6-7,10-14,19H,4-5,8-9,15H2. The summed E-state index contributed by atoms with van der Waals surface area (Å²) in [4.78, 5) is 26.9. The Morgan fingerprint density at radius 1 is 1.03 bits per heavy atom. The number of carbonyl (C=O) groups excluding carboxylic acids is 1. The average molecular weight is 574 g/mol. The highest BCUT2D eigenvalue weighted by molar-refractivity contribution is 14.1. The van der Waals surface area contributed by atoms with Crippen molar-refractivity contribution in [2.24, 2.45) is 5.92 Å². The first kappa shape index (κ1) is 22.8. The smallest absolute Gasteiger partial charge is 0.286 e. The van der Waals surface area contributed by atoms with Crippen molar-refractivity contribution in [3.63, 3.8) is 0 Å². The predicted octanol–water partition coefficient (Wildman–Crippen LogP) is 6.66. The molecule has 5 nitrogen and oxygen atoms in total. The summed E-state index contributed by atoms with van der Waals surface area (Å²) in [7, 11) is 0. The molecule has 0 bridgehead atoms. The van der Waals surface area contributed by atoms with Crippen LogP contribution in [-0.4, -0.2) is 15.5 Å². The number of nitrogens with zero attached hydrogens (tertiary/aromatic N) is 2. The minimum Gasteiger partial charge on any atom is -0.286 e. The van der Waals surface area contributed by atoms with Crippen molar-refractivity contribution in [3.05, 3.63) is 81.4 Å². The molecule has 0 radical (unpaired) electrons. The van der Waals surface area contributed by atoms with Crippen molar-refractivity contribution in [3.8, 4) is 17.1 Å². The fraction of sp³-hybridized carbons (Fsp3) is 0.231. The molecule has 5 rings (SSSR count). The van der Waals surface area contributed by atoms with Gasteiger partial charge in [0.1, 0.15) is 11.3 Å². The first-order valence-corrected chi connectivity index (χ1v) is 12.2. The second kappa shape index (κ2) is 9.69. The molecule has 1 saturated carbocycles. The molecule has 0 unspecified atom stereocenters. The van der Waals surface area contributed by atoms with Crippen LogP contribution in [0.2, 0.25) is 0 Å². The molecule has 0 aliphatic heterocycles. The summed E-state index contributed by atoms with van der Waals surface area (Å²) in [6.45, 7) is 0.224. The van der Waals surface area contributed by atoms with Crippen LogP contribution in [0.3, 0.4) is 0 Å². The van der Waals surface area contributed by atoms with Gasteiger partial charge in [-0.25, -0.2) is 23.4 Å². The molecular weight excluding hydrogens is 553 g/mol. The van der Waals surface area contributed by atoms with Crippen molar-refractivity contribution in [2.75, 3.05) is 0 Å². The largest absolute Gasteiger partial charge is 0.358 e. The van der Waals surface area contributed by atoms with E-state index in [0.29, 0.717) is 0 Å². The molecule has 0 spiro atoms. The van der Waals surface area contributed by atoms with Gasteiger partial charge in [0.05, 0.1) is 21.5 Å². The Kier molecular flexibility index (Phi) is 6.49. The molecule has 1 aliphatic carbocycles. The fourth-order valence-corrected chi connectivity index (χ4v) is 4.70. The van der Waals surface area contributed by atoms with Gasteiger partial charge in [0.2, 0.25) is 0 Å². The third-order valence-electron chi connectivity index (χ3n) is 6.13. The van der Waals surface area contributed by atoms with Crippen LogP contribution < -0.4 is 4.89 Å². The molecule has 0 atom stereocenters. The minimum atomic E-state index is -0.777. The lowest BCUT2D eigenvalue weighted by atomic mass is 10.0. The number of fused-ring (bicyclic) bond motifs is 1. The maximum atomic E-state index is 14.8. The summed E-state index contributed by atoms with van der Waals surface area (Å²) in [5, 5.41) is 0. The average Bonchev–Trinajstić information content (AvgIpc) is 3.52. The lowest BCUT2D eigenvalue weighted by Gasteiger charge is -2.11. The quantitative estimate of drug-likeness (QED) is 0.112. The van der Waals surface area contributed by atoms with Gasteiger partial charge in [-0.3, -0.25) is 4.57 Å². The Morgan fingerprint density at radius 2 is 1.71 bits per heavy atom. The van der Waals surface area contributed by atoms with Crippen LogP contribution in [0, 0.1) is 21.1 Å². The molecule has 174 valence electrons. The molecule has 8 heteroatoms. The SMILES string of the molecule is O=C(OOc1nc2c(F)c(I)c(F)cc2n1Cc1ccc(-c2ccccc2)cc1)C1CCCC1. The van der Waals surface area contributed by atoms with E-state index in [1.165, 1.54) is 10.6 Å². The Morgan fingerprint density at radius 3 is 2.41 bits per heavy atom. The molecule has 0 amide bonds. The lowest BCUT2D eigenvalue weighted by Crippen LogP contribution is -2.18. The molecule has 1 fully saturated rings. The van der Waals surface area contributed by atoms with E-state index in [4.69, 9.17) is 9.78 Å². The summed E-state index contributed by atoms with van der Waals surface area (Å²) >= 11 is 1.60. The van der Waals surface area contributed by atoms with E-state index < -0.39 is 17.6 Å². The van der Waals surface area contributed by atoms with Gasteiger partial charge in [-0.05, 0) is 52.1 Å². The van der Waals surface area contributed by atoms with Crippen LogP contribution in [-0.2, 0) is 16.2 Å².